The highest BCUT2D eigenvalue weighted by Gasteiger charge is 2.30. The van der Waals surface area contributed by atoms with Crippen LogP contribution in [0.2, 0.25) is 0 Å². The first-order valence-corrected chi connectivity index (χ1v) is 7.07. The van der Waals surface area contributed by atoms with Crippen LogP contribution in [0, 0.1) is 0 Å². The molecule has 1 heterocycles. The van der Waals surface area contributed by atoms with Gasteiger partial charge in [0.1, 0.15) is 6.17 Å². The Hall–Kier alpha value is -1.26. The van der Waals surface area contributed by atoms with Gasteiger partial charge in [-0.25, -0.2) is 9.59 Å². The zero-order valence-electron chi connectivity index (χ0n) is 11.5. The molecule has 4 amide bonds. The van der Waals surface area contributed by atoms with E-state index in [1.165, 1.54) is 0 Å². The highest BCUT2D eigenvalue weighted by Crippen LogP contribution is 2.12. The molecule has 1 fully saturated rings. The van der Waals surface area contributed by atoms with E-state index in [1.54, 1.807) is 4.90 Å². The van der Waals surface area contributed by atoms with Crippen LogP contribution in [-0.2, 0) is 0 Å². The van der Waals surface area contributed by atoms with E-state index in [-0.39, 0.29) is 18.2 Å². The molecule has 0 aromatic carbocycles. The van der Waals surface area contributed by atoms with Crippen molar-refractivity contribution < 1.29 is 9.59 Å². The maximum atomic E-state index is 11.8. The van der Waals surface area contributed by atoms with E-state index in [1.807, 2.05) is 0 Å². The minimum Gasteiger partial charge on any atom is -0.317 e. The predicted molar refractivity (Wildman–Crippen MR) is 71.2 cm³/mol. The van der Waals surface area contributed by atoms with Gasteiger partial charge in [-0.1, -0.05) is 39.5 Å². The molecule has 1 rings (SSSR count). The molecule has 5 nitrogen and oxygen atoms in total. The van der Waals surface area contributed by atoms with Gasteiger partial charge in [-0.3, -0.25) is 5.32 Å². The summed E-state index contributed by atoms with van der Waals surface area (Å²) in [5, 5.41) is 5.15. The van der Waals surface area contributed by atoms with Gasteiger partial charge in [0.05, 0.1) is 0 Å². The van der Waals surface area contributed by atoms with Gasteiger partial charge in [0.15, 0.2) is 0 Å². The number of rotatable bonds is 8. The third-order valence-electron chi connectivity index (χ3n) is 3.24. The Kier molecular flexibility index (Phi) is 6.54. The van der Waals surface area contributed by atoms with Crippen LogP contribution in [0.1, 0.15) is 58.8 Å². The number of carbonyl (C=O) groups excluding carboxylic acids is 2. The number of nitrogens with one attached hydrogen (secondary N) is 2. The molecule has 1 aliphatic heterocycles. The summed E-state index contributed by atoms with van der Waals surface area (Å²) in [4.78, 5) is 24.9. The summed E-state index contributed by atoms with van der Waals surface area (Å²) in [6.45, 7) is 5.00. The lowest BCUT2D eigenvalue weighted by molar-refractivity contribution is 0.137. The lowest BCUT2D eigenvalue weighted by Crippen LogP contribution is -2.63. The molecule has 1 aliphatic rings. The van der Waals surface area contributed by atoms with E-state index in [0.717, 1.165) is 51.5 Å². The molecule has 0 aromatic rings. The molecule has 104 valence electrons. The fourth-order valence-corrected chi connectivity index (χ4v) is 2.18. The van der Waals surface area contributed by atoms with Crippen molar-refractivity contribution in [1.29, 1.82) is 0 Å². The van der Waals surface area contributed by atoms with Crippen molar-refractivity contribution in [2.45, 2.75) is 65.0 Å². The summed E-state index contributed by atoms with van der Waals surface area (Å²) in [6, 6.07) is -0.621. The van der Waals surface area contributed by atoms with Crippen molar-refractivity contribution in [2.75, 3.05) is 6.54 Å². The molecule has 1 atom stereocenters. The van der Waals surface area contributed by atoms with Gasteiger partial charge in [-0.2, -0.15) is 0 Å². The molecule has 0 aliphatic carbocycles. The van der Waals surface area contributed by atoms with Gasteiger partial charge in [-0.15, -0.1) is 0 Å². The van der Waals surface area contributed by atoms with E-state index < -0.39 is 0 Å². The number of hydrogen-bond acceptors (Lipinski definition) is 2. The van der Waals surface area contributed by atoms with E-state index in [0.29, 0.717) is 0 Å². The molecule has 1 unspecified atom stereocenters. The van der Waals surface area contributed by atoms with Crippen molar-refractivity contribution in [3.63, 3.8) is 0 Å². The Morgan fingerprint density at radius 1 is 1.06 bits per heavy atom. The summed E-state index contributed by atoms with van der Waals surface area (Å²) in [5.41, 5.74) is 0. The molecule has 0 aromatic heterocycles. The van der Waals surface area contributed by atoms with Crippen LogP contribution < -0.4 is 10.6 Å². The van der Waals surface area contributed by atoms with Gasteiger partial charge >= 0.3 is 12.1 Å². The zero-order chi connectivity index (χ0) is 13.4. The monoisotopic (exact) mass is 255 g/mol. The Morgan fingerprint density at radius 2 is 1.72 bits per heavy atom. The third-order valence-corrected chi connectivity index (χ3v) is 3.24. The molecule has 18 heavy (non-hydrogen) atoms. The quantitative estimate of drug-likeness (QED) is 0.655. The smallest absolute Gasteiger partial charge is 0.317 e. The van der Waals surface area contributed by atoms with Crippen LogP contribution in [-0.4, -0.2) is 29.7 Å². The minimum absolute atomic E-state index is 0.130. The van der Waals surface area contributed by atoms with Gasteiger partial charge < -0.3 is 10.2 Å². The fourth-order valence-electron chi connectivity index (χ4n) is 2.18. The molecule has 0 bridgehead atoms. The van der Waals surface area contributed by atoms with Crippen LogP contribution >= 0.6 is 0 Å². The first-order chi connectivity index (χ1) is 8.69. The van der Waals surface area contributed by atoms with Gasteiger partial charge in [0, 0.05) is 6.54 Å². The maximum absolute atomic E-state index is 11.8. The number of unbranched alkanes of at least 4 members (excludes halogenated alkanes) is 4. The Balaban J connectivity index is 2.49. The number of hydrogen-bond donors (Lipinski definition) is 2. The van der Waals surface area contributed by atoms with E-state index in [2.05, 4.69) is 24.5 Å². The van der Waals surface area contributed by atoms with Crippen LogP contribution in [0.3, 0.4) is 0 Å². The molecule has 2 N–H and O–H groups in total. The summed E-state index contributed by atoms with van der Waals surface area (Å²) in [6.07, 6.45) is 7.26. The Labute approximate surface area is 109 Å². The van der Waals surface area contributed by atoms with E-state index >= 15 is 0 Å². The second-order valence-corrected chi connectivity index (χ2v) is 4.82. The number of amides is 4. The minimum atomic E-state index is -0.367. The van der Waals surface area contributed by atoms with Crippen molar-refractivity contribution >= 4 is 12.1 Å². The second kappa shape index (κ2) is 7.95. The number of urea groups is 2. The molecular weight excluding hydrogens is 230 g/mol. The molecule has 0 spiro atoms. The SMILES string of the molecule is CCCCCC1NC(=O)NC(=O)N1CCCCC. The van der Waals surface area contributed by atoms with Gasteiger partial charge in [0.2, 0.25) is 0 Å². The number of imide groups is 1. The lowest BCUT2D eigenvalue weighted by atomic mass is 10.1. The highest BCUT2D eigenvalue weighted by molar-refractivity contribution is 5.95. The van der Waals surface area contributed by atoms with E-state index in [4.69, 9.17) is 0 Å². The molecule has 0 saturated carbocycles. The summed E-state index contributed by atoms with van der Waals surface area (Å²) in [5.74, 6) is 0. The third kappa shape index (κ3) is 4.55. The van der Waals surface area contributed by atoms with Crippen LogP contribution in [0.5, 0.6) is 0 Å². The fraction of sp³-hybridized carbons (Fsp3) is 0.846. The van der Waals surface area contributed by atoms with Gasteiger partial charge in [-0.05, 0) is 19.3 Å². The zero-order valence-corrected chi connectivity index (χ0v) is 11.5. The Morgan fingerprint density at radius 3 is 2.39 bits per heavy atom. The first kappa shape index (κ1) is 14.8. The summed E-state index contributed by atoms with van der Waals surface area (Å²) >= 11 is 0. The molecule has 0 radical (unpaired) electrons. The average Bonchev–Trinajstić information content (AvgIpc) is 2.32. The normalized spacial score (nSPS) is 19.7. The predicted octanol–water partition coefficient (Wildman–Crippen LogP) is 2.82. The van der Waals surface area contributed by atoms with Crippen LogP contribution in [0.4, 0.5) is 9.59 Å². The van der Waals surface area contributed by atoms with Crippen molar-refractivity contribution in [2.24, 2.45) is 0 Å². The first-order valence-electron chi connectivity index (χ1n) is 7.07. The summed E-state index contributed by atoms with van der Waals surface area (Å²) in [7, 11) is 0. The van der Waals surface area contributed by atoms with Crippen LogP contribution in [0.15, 0.2) is 0 Å². The largest absolute Gasteiger partial charge is 0.327 e. The topological polar surface area (TPSA) is 61.4 Å². The van der Waals surface area contributed by atoms with Gasteiger partial charge in [0.25, 0.3) is 0 Å². The van der Waals surface area contributed by atoms with Crippen molar-refractivity contribution in [3.8, 4) is 0 Å². The molecule has 1 saturated heterocycles. The van der Waals surface area contributed by atoms with Crippen molar-refractivity contribution in [1.82, 2.24) is 15.5 Å². The average molecular weight is 255 g/mol. The van der Waals surface area contributed by atoms with Crippen LogP contribution in [0.25, 0.3) is 0 Å². The van der Waals surface area contributed by atoms with Crippen molar-refractivity contribution in [3.05, 3.63) is 0 Å². The second-order valence-electron chi connectivity index (χ2n) is 4.82. The number of nitrogens with zero attached hydrogens (tertiary/aromatic N) is 1. The lowest BCUT2D eigenvalue weighted by Gasteiger charge is -2.36. The molecular formula is C13H25N3O2. The Bertz CT molecular complexity index is 281. The highest BCUT2D eigenvalue weighted by atomic mass is 16.2. The maximum Gasteiger partial charge on any atom is 0.327 e. The molecule has 5 heteroatoms. The number of carbonyl (C=O) groups is 2. The van der Waals surface area contributed by atoms with E-state index in [9.17, 15) is 9.59 Å². The standard InChI is InChI=1S/C13H25N3O2/c1-3-5-7-9-11-14-12(17)15-13(18)16(11)10-8-6-4-2/h11H,3-10H2,1-2H3,(H2,14,15,17,18). The summed E-state index contributed by atoms with van der Waals surface area (Å²) < 4.78 is 0.